The van der Waals surface area contributed by atoms with Crippen molar-refractivity contribution in [3.63, 3.8) is 0 Å². The summed E-state index contributed by atoms with van der Waals surface area (Å²) in [4.78, 5) is 18.1. The molecule has 1 amide bonds. The molecular weight excluding hydrogens is 300 g/mol. The van der Waals surface area contributed by atoms with Gasteiger partial charge in [-0.05, 0) is 25.0 Å². The number of anilines is 2. The maximum atomic E-state index is 12.3. The number of nitrogens with two attached hydrogens (primary N) is 1. The van der Waals surface area contributed by atoms with E-state index in [1.165, 1.54) is 11.3 Å². The van der Waals surface area contributed by atoms with Crippen LogP contribution in [0.2, 0.25) is 0 Å². The Labute approximate surface area is 131 Å². The lowest BCUT2D eigenvalue weighted by molar-refractivity contribution is 0.103. The number of carbonyl (C=O) groups excluding carboxylic acids is 1. The zero-order valence-electron chi connectivity index (χ0n) is 12.5. The van der Waals surface area contributed by atoms with Crippen LogP contribution in [-0.2, 0) is 0 Å². The van der Waals surface area contributed by atoms with Crippen LogP contribution in [0.4, 0.5) is 11.5 Å². The van der Waals surface area contributed by atoms with Crippen LogP contribution in [0.5, 0.6) is 0 Å². The van der Waals surface area contributed by atoms with Crippen molar-refractivity contribution < 1.29 is 9.32 Å². The van der Waals surface area contributed by atoms with Crippen molar-refractivity contribution in [1.82, 2.24) is 10.1 Å². The number of nitrogens with zero attached hydrogens (tertiary/aromatic N) is 2. The van der Waals surface area contributed by atoms with E-state index in [-0.39, 0.29) is 5.91 Å². The predicted molar refractivity (Wildman–Crippen MR) is 87.3 cm³/mol. The van der Waals surface area contributed by atoms with Gasteiger partial charge in [-0.25, -0.2) is 4.98 Å². The van der Waals surface area contributed by atoms with E-state index in [4.69, 9.17) is 10.3 Å². The number of rotatable bonds is 3. The first kappa shape index (κ1) is 14.5. The Morgan fingerprint density at radius 3 is 2.82 bits per heavy atom. The molecule has 0 aromatic carbocycles. The molecule has 3 aromatic rings. The van der Waals surface area contributed by atoms with E-state index in [0.29, 0.717) is 28.1 Å². The third kappa shape index (κ3) is 2.55. The minimum atomic E-state index is -0.306. The molecule has 3 aromatic heterocycles. The largest absolute Gasteiger partial charge is 0.397 e. The lowest BCUT2D eigenvalue weighted by atomic mass is 10.1. The van der Waals surface area contributed by atoms with Crippen LogP contribution in [0.1, 0.15) is 40.9 Å². The molecule has 0 aliphatic heterocycles. The van der Waals surface area contributed by atoms with E-state index in [9.17, 15) is 4.79 Å². The van der Waals surface area contributed by atoms with E-state index in [1.807, 2.05) is 12.1 Å². The Kier molecular flexibility index (Phi) is 3.58. The van der Waals surface area contributed by atoms with Gasteiger partial charge in [0.25, 0.3) is 5.91 Å². The smallest absolute Gasteiger partial charge is 0.269 e. The summed E-state index contributed by atoms with van der Waals surface area (Å²) < 4.78 is 4.93. The monoisotopic (exact) mass is 316 g/mol. The molecule has 0 aliphatic carbocycles. The summed E-state index contributed by atoms with van der Waals surface area (Å²) in [5.41, 5.74) is 7.52. The first-order valence-electron chi connectivity index (χ1n) is 6.89. The second-order valence-electron chi connectivity index (χ2n) is 5.37. The fraction of sp³-hybridized carbons (Fsp3) is 0.267. The fourth-order valence-corrected chi connectivity index (χ4v) is 3.10. The van der Waals surface area contributed by atoms with Crippen molar-refractivity contribution in [3.05, 3.63) is 34.5 Å². The first-order chi connectivity index (χ1) is 10.5. The highest BCUT2D eigenvalue weighted by molar-refractivity contribution is 7.21. The van der Waals surface area contributed by atoms with Gasteiger partial charge < -0.3 is 15.6 Å². The molecule has 0 saturated carbocycles. The summed E-state index contributed by atoms with van der Waals surface area (Å²) >= 11 is 1.28. The standard InChI is InChI=1S/C15H16N4O2S/c1-7(2)10-5-4-9-12(16)13(22-15(9)17-10)14(20)18-11-6-8(3)21-19-11/h4-7H,16H2,1-3H3,(H,18,19,20). The molecule has 3 heterocycles. The summed E-state index contributed by atoms with van der Waals surface area (Å²) in [5, 5.41) is 7.22. The number of amides is 1. The van der Waals surface area contributed by atoms with E-state index < -0.39 is 0 Å². The van der Waals surface area contributed by atoms with E-state index in [0.717, 1.165) is 15.9 Å². The molecule has 0 unspecified atom stereocenters. The topological polar surface area (TPSA) is 94.0 Å². The van der Waals surface area contributed by atoms with Gasteiger partial charge in [-0.15, -0.1) is 11.3 Å². The molecule has 0 aliphatic rings. The number of aryl methyl sites for hydroxylation is 1. The Bertz CT molecular complexity index is 850. The Hall–Kier alpha value is -2.41. The third-order valence-corrected chi connectivity index (χ3v) is 4.40. The molecule has 3 N–H and O–H groups in total. The number of hydrogen-bond donors (Lipinski definition) is 2. The molecule has 114 valence electrons. The number of aromatic nitrogens is 2. The molecule has 22 heavy (non-hydrogen) atoms. The minimum Gasteiger partial charge on any atom is -0.397 e. The highest BCUT2D eigenvalue weighted by Gasteiger charge is 2.19. The van der Waals surface area contributed by atoms with Gasteiger partial charge in [0.2, 0.25) is 0 Å². The Balaban J connectivity index is 1.96. The highest BCUT2D eigenvalue weighted by atomic mass is 32.1. The quantitative estimate of drug-likeness (QED) is 0.770. The zero-order valence-corrected chi connectivity index (χ0v) is 13.3. The number of pyridine rings is 1. The Morgan fingerprint density at radius 2 is 2.18 bits per heavy atom. The lowest BCUT2D eigenvalue weighted by Gasteiger charge is -2.03. The van der Waals surface area contributed by atoms with E-state index in [2.05, 4.69) is 29.3 Å². The first-order valence-corrected chi connectivity index (χ1v) is 7.71. The molecule has 0 bridgehead atoms. The summed E-state index contributed by atoms with van der Waals surface area (Å²) in [7, 11) is 0. The van der Waals surface area contributed by atoms with Gasteiger partial charge in [-0.1, -0.05) is 19.0 Å². The van der Waals surface area contributed by atoms with Crippen LogP contribution in [-0.4, -0.2) is 16.0 Å². The molecule has 0 radical (unpaired) electrons. The van der Waals surface area contributed by atoms with Crippen LogP contribution in [0.25, 0.3) is 10.2 Å². The maximum Gasteiger partial charge on any atom is 0.269 e. The second-order valence-corrected chi connectivity index (χ2v) is 6.36. The van der Waals surface area contributed by atoms with E-state index >= 15 is 0 Å². The maximum absolute atomic E-state index is 12.3. The molecule has 0 atom stereocenters. The van der Waals surface area contributed by atoms with Gasteiger partial charge in [0.05, 0.1) is 5.69 Å². The van der Waals surface area contributed by atoms with Crippen molar-refractivity contribution in [1.29, 1.82) is 0 Å². The van der Waals surface area contributed by atoms with Gasteiger partial charge in [0.15, 0.2) is 5.82 Å². The number of nitrogens with one attached hydrogen (secondary N) is 1. The zero-order chi connectivity index (χ0) is 15.9. The minimum absolute atomic E-state index is 0.306. The molecule has 3 rings (SSSR count). The highest BCUT2D eigenvalue weighted by Crippen LogP contribution is 2.33. The number of carbonyl (C=O) groups is 1. The molecule has 0 fully saturated rings. The normalized spacial score (nSPS) is 11.3. The third-order valence-electron chi connectivity index (χ3n) is 3.28. The molecule has 7 heteroatoms. The second kappa shape index (κ2) is 5.42. The van der Waals surface area contributed by atoms with Crippen molar-refractivity contribution in [2.45, 2.75) is 26.7 Å². The number of nitrogen functional groups attached to an aromatic ring is 1. The number of hydrogen-bond acceptors (Lipinski definition) is 6. The Morgan fingerprint density at radius 1 is 1.41 bits per heavy atom. The van der Waals surface area contributed by atoms with Gasteiger partial charge in [-0.3, -0.25) is 4.79 Å². The van der Waals surface area contributed by atoms with Crippen molar-refractivity contribution in [2.24, 2.45) is 0 Å². The lowest BCUT2D eigenvalue weighted by Crippen LogP contribution is -2.12. The van der Waals surface area contributed by atoms with Crippen LogP contribution in [0, 0.1) is 6.92 Å². The van der Waals surface area contributed by atoms with Crippen molar-refractivity contribution in [2.75, 3.05) is 11.1 Å². The van der Waals surface area contributed by atoms with Crippen LogP contribution >= 0.6 is 11.3 Å². The van der Waals surface area contributed by atoms with Gasteiger partial charge in [0.1, 0.15) is 15.5 Å². The van der Waals surface area contributed by atoms with Gasteiger partial charge >= 0.3 is 0 Å². The van der Waals surface area contributed by atoms with E-state index in [1.54, 1.807) is 13.0 Å². The number of fused-ring (bicyclic) bond motifs is 1. The van der Waals surface area contributed by atoms with Crippen LogP contribution in [0.15, 0.2) is 22.7 Å². The number of thiophene rings is 1. The van der Waals surface area contributed by atoms with Gasteiger partial charge in [-0.2, -0.15) is 0 Å². The SMILES string of the molecule is Cc1cc(NC(=O)c2sc3nc(C(C)C)ccc3c2N)no1. The average molecular weight is 316 g/mol. The average Bonchev–Trinajstić information content (AvgIpc) is 3.02. The summed E-state index contributed by atoms with van der Waals surface area (Å²) in [6.07, 6.45) is 0. The van der Waals surface area contributed by atoms with Gasteiger partial charge in [0, 0.05) is 17.1 Å². The summed E-state index contributed by atoms with van der Waals surface area (Å²) in [5.74, 6) is 1.01. The van der Waals surface area contributed by atoms with Crippen molar-refractivity contribution >= 4 is 39.0 Å². The fourth-order valence-electron chi connectivity index (χ4n) is 2.10. The molecule has 6 nitrogen and oxygen atoms in total. The molecule has 0 saturated heterocycles. The predicted octanol–water partition coefficient (Wildman–Crippen LogP) is 3.55. The molecular formula is C15H16N4O2S. The van der Waals surface area contributed by atoms with Crippen LogP contribution in [0.3, 0.4) is 0 Å². The molecule has 0 spiro atoms. The van der Waals surface area contributed by atoms with Crippen molar-refractivity contribution in [3.8, 4) is 0 Å². The van der Waals surface area contributed by atoms with Crippen LogP contribution < -0.4 is 11.1 Å². The summed E-state index contributed by atoms with van der Waals surface area (Å²) in [6.45, 7) is 5.91. The summed E-state index contributed by atoms with van der Waals surface area (Å²) in [6, 6.07) is 5.51.